The van der Waals surface area contributed by atoms with Gasteiger partial charge in [-0.1, -0.05) is 6.92 Å². The van der Waals surface area contributed by atoms with Gasteiger partial charge in [-0.2, -0.15) is 0 Å². The molecule has 0 spiro atoms. The van der Waals surface area contributed by atoms with Crippen molar-refractivity contribution in [1.82, 2.24) is 10.3 Å². The van der Waals surface area contributed by atoms with E-state index in [0.717, 1.165) is 36.3 Å². The molecule has 1 heterocycles. The Hall–Kier alpha value is -0.450. The molecule has 1 rings (SSSR count). The summed E-state index contributed by atoms with van der Waals surface area (Å²) in [5.74, 6) is 0. The lowest BCUT2D eigenvalue weighted by Gasteiger charge is -2.17. The first-order chi connectivity index (χ1) is 7.76. The van der Waals surface area contributed by atoms with Crippen LogP contribution in [-0.2, 0) is 11.2 Å². The van der Waals surface area contributed by atoms with Crippen molar-refractivity contribution in [3.05, 3.63) is 28.5 Å². The van der Waals surface area contributed by atoms with Crippen LogP contribution in [0.2, 0.25) is 0 Å². The second-order valence-electron chi connectivity index (χ2n) is 3.59. The van der Waals surface area contributed by atoms with Crippen LogP contribution in [0.25, 0.3) is 0 Å². The van der Waals surface area contributed by atoms with Gasteiger partial charge in [0.15, 0.2) is 0 Å². The molecule has 0 amide bonds. The molecule has 16 heavy (non-hydrogen) atoms. The van der Waals surface area contributed by atoms with Crippen molar-refractivity contribution >= 4 is 15.9 Å². The average Bonchev–Trinajstić information content (AvgIpc) is 2.29. The fourth-order valence-electron chi connectivity index (χ4n) is 1.52. The molecule has 4 heteroatoms. The van der Waals surface area contributed by atoms with E-state index in [0.29, 0.717) is 6.04 Å². The van der Waals surface area contributed by atoms with Crippen LogP contribution in [0.3, 0.4) is 0 Å². The maximum atomic E-state index is 5.44. The van der Waals surface area contributed by atoms with E-state index in [1.54, 1.807) is 0 Å². The molecule has 1 N–H and O–H groups in total. The van der Waals surface area contributed by atoms with E-state index in [-0.39, 0.29) is 0 Å². The van der Waals surface area contributed by atoms with Gasteiger partial charge in [0.2, 0.25) is 0 Å². The Bertz CT molecular complexity index is 290. The summed E-state index contributed by atoms with van der Waals surface area (Å²) in [6.45, 7) is 6.57. The number of aromatic nitrogens is 1. The van der Waals surface area contributed by atoms with Crippen molar-refractivity contribution in [3.8, 4) is 0 Å². The van der Waals surface area contributed by atoms with E-state index in [1.807, 2.05) is 25.3 Å². The highest BCUT2D eigenvalue weighted by Crippen LogP contribution is 2.09. The highest BCUT2D eigenvalue weighted by Gasteiger charge is 2.08. The summed E-state index contributed by atoms with van der Waals surface area (Å²) in [7, 11) is 0. The van der Waals surface area contributed by atoms with Crippen molar-refractivity contribution < 1.29 is 4.74 Å². The van der Waals surface area contributed by atoms with E-state index < -0.39 is 0 Å². The van der Waals surface area contributed by atoms with Crippen molar-refractivity contribution in [1.29, 1.82) is 0 Å². The molecule has 0 aliphatic heterocycles. The second kappa shape index (κ2) is 7.76. The summed E-state index contributed by atoms with van der Waals surface area (Å²) in [5, 5.41) is 3.40. The molecule has 0 bridgehead atoms. The Balaban J connectivity index is 2.49. The lowest BCUT2D eigenvalue weighted by Crippen LogP contribution is -2.35. The number of hydrogen-bond acceptors (Lipinski definition) is 3. The molecule has 3 nitrogen and oxygen atoms in total. The lowest BCUT2D eigenvalue weighted by molar-refractivity contribution is 0.123. The summed E-state index contributed by atoms with van der Waals surface area (Å²) in [6.07, 6.45) is 2.74. The van der Waals surface area contributed by atoms with Gasteiger partial charge in [0, 0.05) is 35.4 Å². The molecule has 0 aliphatic carbocycles. The number of ether oxygens (including phenoxy) is 1. The largest absolute Gasteiger partial charge is 0.380 e. The first kappa shape index (κ1) is 13.6. The van der Waals surface area contributed by atoms with Gasteiger partial charge in [0.05, 0.1) is 6.61 Å². The van der Waals surface area contributed by atoms with E-state index >= 15 is 0 Å². The van der Waals surface area contributed by atoms with Crippen LogP contribution in [0.15, 0.2) is 22.8 Å². The van der Waals surface area contributed by atoms with Crippen LogP contribution in [0.1, 0.15) is 19.5 Å². The number of rotatable bonds is 7. The van der Waals surface area contributed by atoms with E-state index in [4.69, 9.17) is 4.74 Å². The molecule has 90 valence electrons. The Morgan fingerprint density at radius 1 is 1.44 bits per heavy atom. The molecule has 1 aromatic heterocycles. The van der Waals surface area contributed by atoms with Gasteiger partial charge in [0.1, 0.15) is 0 Å². The fraction of sp³-hybridized carbons (Fsp3) is 0.583. The maximum Gasteiger partial charge on any atom is 0.0623 e. The van der Waals surface area contributed by atoms with Gasteiger partial charge < -0.3 is 10.1 Å². The molecule has 0 aliphatic rings. The minimum Gasteiger partial charge on any atom is -0.380 e. The molecule has 0 radical (unpaired) electrons. The summed E-state index contributed by atoms with van der Waals surface area (Å²) in [4.78, 5) is 4.37. The smallest absolute Gasteiger partial charge is 0.0623 e. The normalized spacial score (nSPS) is 12.7. The van der Waals surface area contributed by atoms with Gasteiger partial charge in [-0.05, 0) is 41.5 Å². The molecular weight excluding hydrogens is 268 g/mol. The summed E-state index contributed by atoms with van der Waals surface area (Å²) in [6, 6.07) is 4.41. The monoisotopic (exact) mass is 286 g/mol. The third kappa shape index (κ3) is 5.05. The number of likely N-dealkylation sites (N-methyl/N-ethyl adjacent to an activating group) is 1. The van der Waals surface area contributed by atoms with E-state index in [9.17, 15) is 0 Å². The third-order valence-electron chi connectivity index (χ3n) is 2.26. The molecule has 1 atom stereocenters. The van der Waals surface area contributed by atoms with Gasteiger partial charge in [-0.15, -0.1) is 0 Å². The van der Waals surface area contributed by atoms with E-state index in [2.05, 4.69) is 33.2 Å². The Kier molecular flexibility index (Phi) is 6.61. The van der Waals surface area contributed by atoms with E-state index in [1.165, 1.54) is 0 Å². The van der Waals surface area contributed by atoms with Crippen LogP contribution >= 0.6 is 15.9 Å². The number of pyridine rings is 1. The van der Waals surface area contributed by atoms with Crippen LogP contribution in [0, 0.1) is 0 Å². The SMILES string of the molecule is CCNC(COCC)Cc1ccc(Br)cn1. The molecule has 1 aromatic rings. The zero-order chi connectivity index (χ0) is 11.8. The van der Waals surface area contributed by atoms with Crippen molar-refractivity contribution in [2.75, 3.05) is 19.8 Å². The first-order valence-electron chi connectivity index (χ1n) is 5.67. The second-order valence-corrected chi connectivity index (χ2v) is 4.50. The quantitative estimate of drug-likeness (QED) is 0.836. The molecule has 0 fully saturated rings. The highest BCUT2D eigenvalue weighted by molar-refractivity contribution is 9.10. The van der Waals surface area contributed by atoms with Gasteiger partial charge >= 0.3 is 0 Å². The predicted molar refractivity (Wildman–Crippen MR) is 69.6 cm³/mol. The van der Waals surface area contributed by atoms with Crippen molar-refractivity contribution in [2.24, 2.45) is 0 Å². The average molecular weight is 287 g/mol. The number of nitrogens with zero attached hydrogens (tertiary/aromatic N) is 1. The predicted octanol–water partition coefficient (Wildman–Crippen LogP) is 2.40. The number of halogens is 1. The Morgan fingerprint density at radius 3 is 2.81 bits per heavy atom. The topological polar surface area (TPSA) is 34.1 Å². The zero-order valence-corrected chi connectivity index (χ0v) is 11.5. The first-order valence-corrected chi connectivity index (χ1v) is 6.47. The van der Waals surface area contributed by atoms with Crippen molar-refractivity contribution in [2.45, 2.75) is 26.3 Å². The number of nitrogens with one attached hydrogen (secondary N) is 1. The molecule has 0 aromatic carbocycles. The Morgan fingerprint density at radius 2 is 2.25 bits per heavy atom. The minimum atomic E-state index is 0.346. The Labute approximate surface area is 106 Å². The van der Waals surface area contributed by atoms with Gasteiger partial charge in [0.25, 0.3) is 0 Å². The summed E-state index contributed by atoms with van der Waals surface area (Å²) < 4.78 is 6.46. The van der Waals surface area contributed by atoms with Crippen molar-refractivity contribution in [3.63, 3.8) is 0 Å². The van der Waals surface area contributed by atoms with Crippen LogP contribution in [0.4, 0.5) is 0 Å². The lowest BCUT2D eigenvalue weighted by atomic mass is 10.1. The third-order valence-corrected chi connectivity index (χ3v) is 2.73. The van der Waals surface area contributed by atoms with Gasteiger partial charge in [-0.25, -0.2) is 0 Å². The summed E-state index contributed by atoms with van der Waals surface area (Å²) >= 11 is 3.38. The molecule has 0 saturated heterocycles. The zero-order valence-electron chi connectivity index (χ0n) is 9.87. The molecule has 0 saturated carbocycles. The molecular formula is C12H19BrN2O. The highest BCUT2D eigenvalue weighted by atomic mass is 79.9. The maximum absolute atomic E-state index is 5.44. The van der Waals surface area contributed by atoms with Crippen LogP contribution < -0.4 is 5.32 Å². The van der Waals surface area contributed by atoms with Crippen LogP contribution in [0.5, 0.6) is 0 Å². The fourth-order valence-corrected chi connectivity index (χ4v) is 1.75. The number of hydrogen-bond donors (Lipinski definition) is 1. The molecule has 1 unspecified atom stereocenters. The standard InChI is InChI=1S/C12H19BrN2O/c1-3-14-12(9-16-4-2)7-11-6-5-10(13)8-15-11/h5-6,8,12,14H,3-4,7,9H2,1-2H3. The summed E-state index contributed by atoms with van der Waals surface area (Å²) in [5.41, 5.74) is 1.09. The minimum absolute atomic E-state index is 0.346. The van der Waals surface area contributed by atoms with Crippen LogP contribution in [-0.4, -0.2) is 30.8 Å². The van der Waals surface area contributed by atoms with Gasteiger partial charge in [-0.3, -0.25) is 4.98 Å².